The van der Waals surface area contributed by atoms with Gasteiger partial charge in [-0.3, -0.25) is 14.3 Å². The fraction of sp³-hybridized carbons (Fsp3) is 0.818. The minimum absolute atomic E-state index is 0.0627. The largest absolute Gasteiger partial charge is 0.414 e. The molecule has 0 aromatic carbocycles. The Bertz CT molecular complexity index is 982. The zero-order chi connectivity index (χ0) is 25.7. The number of aryl methyl sites for hydroxylation is 1. The van der Waals surface area contributed by atoms with Crippen LogP contribution in [0.2, 0.25) is 22.2 Å². The Morgan fingerprint density at radius 3 is 2.09 bits per heavy atom. The first-order valence-corrected chi connectivity index (χ1v) is 15.5. The molecule has 1 N–H and O–H groups in total. The molecule has 0 bridgehead atoms. The number of aromatic nitrogens is 2. The first-order valence-electron chi connectivity index (χ1n) is 12.7. The molecule has 5 atom stereocenters. The summed E-state index contributed by atoms with van der Waals surface area (Å²) < 4.78 is 45.8. The van der Waals surface area contributed by atoms with Crippen LogP contribution in [0.4, 0.5) is 0 Å². The van der Waals surface area contributed by atoms with Crippen molar-refractivity contribution >= 4 is 17.1 Å². The number of fused-ring (bicyclic) bond motifs is 1. The van der Waals surface area contributed by atoms with Crippen LogP contribution >= 0.6 is 0 Å². The number of rotatable bonds is 5. The first kappa shape index (κ1) is 22.7. The average molecular weight is 492 g/mol. The molecule has 8 nitrogen and oxygen atoms in total. The Balaban J connectivity index is 2.15. The molecule has 1 aromatic rings. The second-order valence-corrected chi connectivity index (χ2v) is 19.0. The summed E-state index contributed by atoms with van der Waals surface area (Å²) in [5.41, 5.74) is -0.539. The molecule has 32 heavy (non-hydrogen) atoms. The van der Waals surface area contributed by atoms with Gasteiger partial charge in [0.2, 0.25) is 0 Å². The molecule has 182 valence electrons. The average Bonchev–Trinajstić information content (AvgIpc) is 3.03. The smallest absolute Gasteiger partial charge is 0.335 e. The Kier molecular flexibility index (Phi) is 6.61. The summed E-state index contributed by atoms with van der Waals surface area (Å²) in [6, 6.07) is 0. The molecule has 2 saturated heterocycles. The highest BCUT2D eigenvalue weighted by Gasteiger charge is 2.60. The van der Waals surface area contributed by atoms with E-state index in [1.165, 1.54) is 10.8 Å². The minimum Gasteiger partial charge on any atom is -0.414 e. The van der Waals surface area contributed by atoms with Gasteiger partial charge in [-0.1, -0.05) is 55.4 Å². The molecular weight excluding hydrogens is 449 g/mol. The van der Waals surface area contributed by atoms with E-state index >= 15 is 0 Å². The lowest BCUT2D eigenvalue weighted by atomic mass is 10.4. The Morgan fingerprint density at radius 1 is 1.00 bits per heavy atom. The predicted octanol–water partition coefficient (Wildman–Crippen LogP) is 4.09. The van der Waals surface area contributed by atoms with Crippen LogP contribution in [0.25, 0.3) is 0 Å². The molecule has 0 radical (unpaired) electrons. The van der Waals surface area contributed by atoms with Gasteiger partial charge in [0, 0.05) is 19.5 Å². The van der Waals surface area contributed by atoms with E-state index in [4.69, 9.17) is 20.4 Å². The second kappa shape index (κ2) is 9.30. The first-order chi connectivity index (χ1) is 15.7. The van der Waals surface area contributed by atoms with E-state index in [0.29, 0.717) is 5.56 Å². The molecule has 2 aliphatic heterocycles. The Morgan fingerprint density at radius 2 is 1.56 bits per heavy atom. The third-order valence-electron chi connectivity index (χ3n) is 6.64. The summed E-state index contributed by atoms with van der Waals surface area (Å²) >= 11 is 0. The van der Waals surface area contributed by atoms with Crippen LogP contribution in [0.5, 0.6) is 0 Å². The quantitative estimate of drug-likeness (QED) is 0.493. The lowest BCUT2D eigenvalue weighted by Gasteiger charge is -2.51. The molecule has 3 heterocycles. The predicted molar refractivity (Wildman–Crippen MR) is 128 cm³/mol. The summed E-state index contributed by atoms with van der Waals surface area (Å²) in [6.07, 6.45) is -2.31. The van der Waals surface area contributed by atoms with E-state index in [2.05, 4.69) is 60.4 Å². The fourth-order valence-corrected chi connectivity index (χ4v) is 15.6. The van der Waals surface area contributed by atoms with Gasteiger partial charge in [-0.05, 0) is 29.1 Å². The van der Waals surface area contributed by atoms with E-state index in [0.717, 1.165) is 0 Å². The maximum Gasteiger partial charge on any atom is 0.335 e. The SMILES string of the molecule is [2H][13CH]1O[Si](C(C)C)(C(C)C)O[Si](C(C)C)(C(C)C)O[13C@H]2[13C@@H]([2H])[13C@H](n3cc(C)c(=O)[nH]c3=O)O[13C@H]12. The van der Waals surface area contributed by atoms with Gasteiger partial charge in [-0.2, -0.15) is 0 Å². The van der Waals surface area contributed by atoms with Crippen LogP contribution in [0.15, 0.2) is 15.8 Å². The summed E-state index contributed by atoms with van der Waals surface area (Å²) in [5, 5.41) is 0. The molecule has 2 aliphatic rings. The topological polar surface area (TPSA) is 91.8 Å². The van der Waals surface area contributed by atoms with Gasteiger partial charge in [0.1, 0.15) is 12.3 Å². The maximum absolute atomic E-state index is 12.6. The van der Waals surface area contributed by atoms with Crippen molar-refractivity contribution in [3.63, 3.8) is 0 Å². The molecule has 1 unspecified atom stereocenters. The van der Waals surface area contributed by atoms with Crippen molar-refractivity contribution in [3.8, 4) is 0 Å². The number of nitrogens with one attached hydrogen (secondary N) is 1. The Hall–Kier alpha value is -1.05. The summed E-state index contributed by atoms with van der Waals surface area (Å²) in [7, 11) is -5.96. The van der Waals surface area contributed by atoms with Gasteiger partial charge in [-0.25, -0.2) is 4.79 Å². The van der Waals surface area contributed by atoms with Gasteiger partial charge >= 0.3 is 22.8 Å². The molecule has 0 saturated carbocycles. The normalized spacial score (nSPS) is 33.2. The van der Waals surface area contributed by atoms with Crippen molar-refractivity contribution in [2.24, 2.45) is 0 Å². The van der Waals surface area contributed by atoms with E-state index < -0.39 is 59.8 Å². The molecular formula is C22H40N2O6Si2. The molecule has 0 spiro atoms. The van der Waals surface area contributed by atoms with E-state index in [1.807, 2.05) is 0 Å². The van der Waals surface area contributed by atoms with Gasteiger partial charge in [0.15, 0.2) is 0 Å². The number of hydrogen-bond acceptors (Lipinski definition) is 6. The third kappa shape index (κ3) is 4.37. The minimum atomic E-state index is -2.99. The third-order valence-corrected chi connectivity index (χ3v) is 16.8. The number of aromatic amines is 1. The van der Waals surface area contributed by atoms with E-state index in [-0.39, 0.29) is 22.2 Å². The van der Waals surface area contributed by atoms with Crippen LogP contribution < -0.4 is 11.2 Å². The molecule has 10 heteroatoms. The highest BCUT2D eigenvalue weighted by molar-refractivity contribution is 6.83. The van der Waals surface area contributed by atoms with Crippen molar-refractivity contribution in [3.05, 3.63) is 32.6 Å². The van der Waals surface area contributed by atoms with Crippen LogP contribution in [0.1, 0.15) is 76.3 Å². The number of nitrogens with zero attached hydrogens (tertiary/aromatic N) is 1. The van der Waals surface area contributed by atoms with Crippen molar-refractivity contribution in [1.82, 2.24) is 9.55 Å². The van der Waals surface area contributed by atoms with Gasteiger partial charge in [0.05, 0.1) is 14.1 Å². The monoisotopic (exact) mass is 491 g/mol. The lowest BCUT2D eigenvalue weighted by Crippen LogP contribution is -2.65. The van der Waals surface area contributed by atoms with E-state index in [1.54, 1.807) is 6.92 Å². The molecule has 0 aliphatic carbocycles. The van der Waals surface area contributed by atoms with Gasteiger partial charge < -0.3 is 17.7 Å². The summed E-state index contributed by atoms with van der Waals surface area (Å²) in [5.74, 6) is 0. The van der Waals surface area contributed by atoms with Gasteiger partial charge in [0.25, 0.3) is 5.56 Å². The van der Waals surface area contributed by atoms with Crippen LogP contribution in [0.3, 0.4) is 0 Å². The second-order valence-electron chi connectivity index (χ2n) is 10.2. The van der Waals surface area contributed by atoms with Crippen LogP contribution in [0, 0.1) is 6.92 Å². The van der Waals surface area contributed by atoms with Gasteiger partial charge in [-0.15, -0.1) is 0 Å². The molecule has 0 amide bonds. The van der Waals surface area contributed by atoms with Crippen LogP contribution in [-0.4, -0.2) is 45.5 Å². The highest BCUT2D eigenvalue weighted by atomic mass is 28.5. The number of hydrogen-bond donors (Lipinski definition) is 1. The summed E-state index contributed by atoms with van der Waals surface area (Å²) in [4.78, 5) is 26.7. The van der Waals surface area contributed by atoms with Crippen molar-refractivity contribution in [1.29, 1.82) is 0 Å². The molecule has 2 fully saturated rings. The lowest BCUT2D eigenvalue weighted by molar-refractivity contribution is -0.0566. The van der Waals surface area contributed by atoms with Crippen molar-refractivity contribution in [2.75, 3.05) is 6.58 Å². The Labute approximate surface area is 195 Å². The summed E-state index contributed by atoms with van der Waals surface area (Å²) in [6.45, 7) is 17.1. The number of ether oxygens (including phenoxy) is 1. The molecule has 1 aromatic heterocycles. The fourth-order valence-electron chi connectivity index (χ4n) is 4.74. The standard InChI is InChI=1S/C22H40N2O6Si2/c1-13(2)31(14(3)4)27-12-19-18(29-32(30-31,15(5)6)16(7)8)10-20(28-19)24-11-17(9)21(25)23-22(24)26/h11,13-16,18-20H,10,12H2,1-9H3,(H,23,25,26)/t18-,19+,20+/m0/s1/i10+1D,12+1D,18+1,19+1,20+1/t10-,12?,18+,19-,20-/m1. The molecule has 3 rings (SSSR count). The van der Waals surface area contributed by atoms with Crippen molar-refractivity contribution < 1.29 is 20.4 Å². The maximum atomic E-state index is 12.6. The van der Waals surface area contributed by atoms with Crippen LogP contribution in [-0.2, 0) is 17.7 Å². The van der Waals surface area contributed by atoms with Crippen molar-refractivity contribution in [2.45, 2.75) is 109 Å². The van der Waals surface area contributed by atoms with E-state index in [9.17, 15) is 9.59 Å². The zero-order valence-electron chi connectivity index (χ0n) is 22.7. The zero-order valence-corrected chi connectivity index (χ0v) is 22.7. The highest BCUT2D eigenvalue weighted by Crippen LogP contribution is 2.48. The number of H-pyrrole nitrogens is 1.